The normalized spacial score (nSPS) is 16.2. The summed E-state index contributed by atoms with van der Waals surface area (Å²) in [6.07, 6.45) is 3.48. The van der Waals surface area contributed by atoms with Crippen molar-refractivity contribution in [3.8, 4) is 0 Å². The smallest absolute Gasteiger partial charge is 0.273 e. The van der Waals surface area contributed by atoms with Crippen molar-refractivity contribution < 1.29 is 9.72 Å². The van der Waals surface area contributed by atoms with Crippen LogP contribution >= 0.6 is 0 Å². The zero-order valence-corrected chi connectivity index (χ0v) is 13.7. The van der Waals surface area contributed by atoms with Crippen molar-refractivity contribution >= 4 is 11.6 Å². The van der Waals surface area contributed by atoms with Crippen LogP contribution in [0.25, 0.3) is 0 Å². The number of para-hydroxylation sites is 1. The van der Waals surface area contributed by atoms with Crippen LogP contribution in [-0.4, -0.2) is 41.9 Å². The zero-order chi connectivity index (χ0) is 16.7. The molecule has 1 heterocycles. The number of likely N-dealkylation sites (tertiary alicyclic amines) is 1. The van der Waals surface area contributed by atoms with E-state index in [1.165, 1.54) is 18.9 Å². The molecule has 0 bridgehead atoms. The molecule has 0 unspecified atom stereocenters. The lowest BCUT2D eigenvalue weighted by molar-refractivity contribution is -0.385. The summed E-state index contributed by atoms with van der Waals surface area (Å²) in [5, 5.41) is 13.8. The molecule has 1 aromatic rings. The van der Waals surface area contributed by atoms with Gasteiger partial charge in [-0.3, -0.25) is 14.9 Å². The van der Waals surface area contributed by atoms with Gasteiger partial charge < -0.3 is 10.2 Å². The maximum atomic E-state index is 11.9. The summed E-state index contributed by atoms with van der Waals surface area (Å²) in [5.74, 6) is 0.666. The van der Waals surface area contributed by atoms with Gasteiger partial charge in [0.1, 0.15) is 0 Å². The molecule has 6 heteroatoms. The summed E-state index contributed by atoms with van der Waals surface area (Å²) >= 11 is 0. The second kappa shape index (κ2) is 8.62. The van der Waals surface area contributed by atoms with Gasteiger partial charge >= 0.3 is 0 Å². The average Bonchev–Trinajstić information content (AvgIpc) is 2.53. The van der Waals surface area contributed by atoms with Gasteiger partial charge in [-0.1, -0.05) is 25.1 Å². The number of hydrogen-bond donors (Lipinski definition) is 1. The predicted molar refractivity (Wildman–Crippen MR) is 89.3 cm³/mol. The van der Waals surface area contributed by atoms with E-state index in [2.05, 4.69) is 17.1 Å². The molecule has 6 nitrogen and oxygen atoms in total. The highest BCUT2D eigenvalue weighted by Crippen LogP contribution is 2.18. The molecule has 0 aromatic heterocycles. The molecular formula is C17H25N3O3. The van der Waals surface area contributed by atoms with Crippen LogP contribution in [0.1, 0.15) is 31.7 Å². The second-order valence-corrected chi connectivity index (χ2v) is 6.29. The van der Waals surface area contributed by atoms with Crippen molar-refractivity contribution in [2.24, 2.45) is 5.92 Å². The molecule has 1 amide bonds. The van der Waals surface area contributed by atoms with Crippen LogP contribution < -0.4 is 5.32 Å². The van der Waals surface area contributed by atoms with Crippen LogP contribution in [0.4, 0.5) is 5.69 Å². The average molecular weight is 319 g/mol. The Hall–Kier alpha value is -1.95. The Balaban J connectivity index is 1.68. The first kappa shape index (κ1) is 17.4. The minimum absolute atomic E-state index is 0.00471. The third kappa shape index (κ3) is 5.63. The van der Waals surface area contributed by atoms with E-state index < -0.39 is 4.92 Å². The zero-order valence-electron chi connectivity index (χ0n) is 13.7. The number of nitrogens with one attached hydrogen (secondary N) is 1. The summed E-state index contributed by atoms with van der Waals surface area (Å²) in [7, 11) is 0. The third-order valence-electron chi connectivity index (χ3n) is 4.39. The summed E-state index contributed by atoms with van der Waals surface area (Å²) < 4.78 is 0. The molecule has 0 radical (unpaired) electrons. The standard InChI is InChI=1S/C17H25N3O3/c1-14-7-11-19(12-8-14)10-4-9-18-17(21)13-15-5-2-3-6-16(15)20(22)23/h2-3,5-6,14H,4,7-13H2,1H3,(H,18,21). The quantitative estimate of drug-likeness (QED) is 0.475. The highest BCUT2D eigenvalue weighted by Gasteiger charge is 2.16. The Morgan fingerprint density at radius 3 is 2.74 bits per heavy atom. The van der Waals surface area contributed by atoms with E-state index in [1.807, 2.05) is 0 Å². The predicted octanol–water partition coefficient (Wildman–Crippen LogP) is 2.38. The molecule has 0 atom stereocenters. The molecule has 0 saturated carbocycles. The van der Waals surface area contributed by atoms with E-state index >= 15 is 0 Å². The molecule has 1 saturated heterocycles. The molecule has 1 fully saturated rings. The van der Waals surface area contributed by atoms with Crippen LogP contribution in [0.15, 0.2) is 24.3 Å². The molecule has 1 aliphatic rings. The SMILES string of the molecule is CC1CCN(CCCNC(=O)Cc2ccccc2[N+](=O)[O-])CC1. The minimum Gasteiger partial charge on any atom is -0.356 e. The van der Waals surface area contributed by atoms with E-state index in [-0.39, 0.29) is 18.0 Å². The second-order valence-electron chi connectivity index (χ2n) is 6.29. The summed E-state index contributed by atoms with van der Waals surface area (Å²) in [4.78, 5) is 24.9. The number of nitrogens with zero attached hydrogens (tertiary/aromatic N) is 2. The summed E-state index contributed by atoms with van der Waals surface area (Å²) in [6, 6.07) is 6.39. The van der Waals surface area contributed by atoms with E-state index in [0.717, 1.165) is 32.0 Å². The highest BCUT2D eigenvalue weighted by atomic mass is 16.6. The molecule has 126 valence electrons. The van der Waals surface area contributed by atoms with Gasteiger partial charge in [0.05, 0.1) is 11.3 Å². The Morgan fingerprint density at radius 1 is 1.35 bits per heavy atom. The molecular weight excluding hydrogens is 294 g/mol. The van der Waals surface area contributed by atoms with Crippen molar-refractivity contribution in [1.82, 2.24) is 10.2 Å². The Morgan fingerprint density at radius 2 is 2.04 bits per heavy atom. The molecule has 0 aliphatic carbocycles. The lowest BCUT2D eigenvalue weighted by Crippen LogP contribution is -2.35. The number of nitro groups is 1. The van der Waals surface area contributed by atoms with Crippen molar-refractivity contribution in [2.75, 3.05) is 26.2 Å². The van der Waals surface area contributed by atoms with Gasteiger partial charge in [-0.05, 0) is 44.8 Å². The topological polar surface area (TPSA) is 75.5 Å². The van der Waals surface area contributed by atoms with Gasteiger partial charge in [0.25, 0.3) is 5.69 Å². The van der Waals surface area contributed by atoms with Gasteiger partial charge in [-0.15, -0.1) is 0 Å². The monoisotopic (exact) mass is 319 g/mol. The highest BCUT2D eigenvalue weighted by molar-refractivity contribution is 5.79. The number of hydrogen-bond acceptors (Lipinski definition) is 4. The van der Waals surface area contributed by atoms with Gasteiger partial charge in [0.15, 0.2) is 0 Å². The van der Waals surface area contributed by atoms with E-state index in [9.17, 15) is 14.9 Å². The van der Waals surface area contributed by atoms with Crippen LogP contribution in [0.2, 0.25) is 0 Å². The first-order chi connectivity index (χ1) is 11.1. The summed E-state index contributed by atoms with van der Waals surface area (Å²) in [6.45, 7) is 6.20. The molecule has 2 rings (SSSR count). The van der Waals surface area contributed by atoms with Gasteiger partial charge in [-0.2, -0.15) is 0 Å². The van der Waals surface area contributed by atoms with Crippen LogP contribution in [0, 0.1) is 16.0 Å². The number of rotatable bonds is 7. The number of amides is 1. The lowest BCUT2D eigenvalue weighted by Gasteiger charge is -2.30. The molecule has 1 N–H and O–H groups in total. The first-order valence-electron chi connectivity index (χ1n) is 8.27. The number of carbonyl (C=O) groups excluding carboxylic acids is 1. The first-order valence-corrected chi connectivity index (χ1v) is 8.27. The van der Waals surface area contributed by atoms with E-state index in [1.54, 1.807) is 18.2 Å². The van der Waals surface area contributed by atoms with Crippen LogP contribution in [0.5, 0.6) is 0 Å². The summed E-state index contributed by atoms with van der Waals surface area (Å²) in [5.41, 5.74) is 0.463. The number of piperidine rings is 1. The van der Waals surface area contributed by atoms with Crippen molar-refractivity contribution in [3.63, 3.8) is 0 Å². The Labute approximate surface area is 137 Å². The van der Waals surface area contributed by atoms with E-state index in [0.29, 0.717) is 12.1 Å². The minimum atomic E-state index is -0.444. The van der Waals surface area contributed by atoms with Gasteiger partial charge in [0.2, 0.25) is 5.91 Å². The Bertz CT molecular complexity index is 540. The molecule has 23 heavy (non-hydrogen) atoms. The fraction of sp³-hybridized carbons (Fsp3) is 0.588. The fourth-order valence-electron chi connectivity index (χ4n) is 2.89. The number of benzene rings is 1. The van der Waals surface area contributed by atoms with Crippen molar-refractivity contribution in [2.45, 2.75) is 32.6 Å². The number of nitro benzene ring substituents is 1. The largest absolute Gasteiger partial charge is 0.356 e. The molecule has 0 spiro atoms. The number of carbonyl (C=O) groups is 1. The maximum Gasteiger partial charge on any atom is 0.273 e. The molecule has 1 aliphatic heterocycles. The fourth-order valence-corrected chi connectivity index (χ4v) is 2.89. The van der Waals surface area contributed by atoms with Crippen LogP contribution in [-0.2, 0) is 11.2 Å². The lowest BCUT2D eigenvalue weighted by atomic mass is 9.99. The van der Waals surface area contributed by atoms with Crippen molar-refractivity contribution in [3.05, 3.63) is 39.9 Å². The van der Waals surface area contributed by atoms with Crippen molar-refractivity contribution in [1.29, 1.82) is 0 Å². The molecule has 1 aromatic carbocycles. The van der Waals surface area contributed by atoms with Gasteiger partial charge in [0, 0.05) is 18.2 Å². The third-order valence-corrected chi connectivity index (χ3v) is 4.39. The van der Waals surface area contributed by atoms with Crippen LogP contribution in [0.3, 0.4) is 0 Å². The Kier molecular flexibility index (Phi) is 6.52. The van der Waals surface area contributed by atoms with Gasteiger partial charge in [-0.25, -0.2) is 0 Å². The maximum absolute atomic E-state index is 11.9. The van der Waals surface area contributed by atoms with E-state index in [4.69, 9.17) is 0 Å².